The number of nitrogens with one attached hydrogen (secondary N) is 3. The topological polar surface area (TPSA) is 82.1 Å². The number of fused-ring (bicyclic) bond motifs is 1. The molecule has 0 saturated carbocycles. The van der Waals surface area contributed by atoms with E-state index in [2.05, 4.69) is 33.1 Å². The van der Waals surface area contributed by atoms with E-state index < -0.39 is 6.10 Å². The Kier molecular flexibility index (Phi) is 4.50. The van der Waals surface area contributed by atoms with Crippen molar-refractivity contribution in [3.8, 4) is 0 Å². The van der Waals surface area contributed by atoms with Crippen LogP contribution >= 0.6 is 0 Å². The lowest BCUT2D eigenvalue weighted by Crippen LogP contribution is -2.36. The van der Waals surface area contributed by atoms with Crippen LogP contribution < -0.4 is 16.2 Å². The number of aliphatic hydroxyl groups is 1. The van der Waals surface area contributed by atoms with Crippen LogP contribution in [0.2, 0.25) is 0 Å². The average molecular weight is 353 g/mol. The first-order valence-electron chi connectivity index (χ1n) is 8.58. The summed E-state index contributed by atoms with van der Waals surface area (Å²) in [5.41, 5.74) is 7.63. The normalized spacial score (nSPS) is 21.0. The summed E-state index contributed by atoms with van der Waals surface area (Å²) >= 11 is 0. The van der Waals surface area contributed by atoms with Crippen LogP contribution in [0, 0.1) is 5.82 Å². The van der Waals surface area contributed by atoms with Crippen LogP contribution in [0.15, 0.2) is 48.5 Å². The van der Waals surface area contributed by atoms with Crippen molar-refractivity contribution >= 4 is 16.7 Å². The molecule has 3 aromatic rings. The first kappa shape index (κ1) is 16.8. The SMILES string of the molecule is CC1CC(Nc2nc([C@@H](O)c3ccc(F)cc3)nc3ccccc23)NN1. The molecule has 1 aliphatic heterocycles. The second-order valence-electron chi connectivity index (χ2n) is 6.52. The van der Waals surface area contributed by atoms with Crippen LogP contribution in [-0.2, 0) is 0 Å². The Hall–Kier alpha value is -2.61. The van der Waals surface area contributed by atoms with Crippen LogP contribution in [0.25, 0.3) is 10.9 Å². The van der Waals surface area contributed by atoms with Gasteiger partial charge in [0.05, 0.1) is 11.7 Å². The quantitative estimate of drug-likeness (QED) is 0.577. The highest BCUT2D eigenvalue weighted by Crippen LogP contribution is 2.26. The average Bonchev–Trinajstić information content (AvgIpc) is 3.06. The van der Waals surface area contributed by atoms with Crippen LogP contribution in [-0.4, -0.2) is 27.3 Å². The monoisotopic (exact) mass is 353 g/mol. The molecule has 0 aliphatic carbocycles. The first-order chi connectivity index (χ1) is 12.6. The Morgan fingerprint density at radius 2 is 1.88 bits per heavy atom. The van der Waals surface area contributed by atoms with Gasteiger partial charge >= 0.3 is 0 Å². The van der Waals surface area contributed by atoms with E-state index in [0.717, 1.165) is 17.3 Å². The van der Waals surface area contributed by atoms with E-state index in [-0.39, 0.29) is 17.8 Å². The zero-order valence-corrected chi connectivity index (χ0v) is 14.3. The van der Waals surface area contributed by atoms with Gasteiger partial charge in [0, 0.05) is 11.4 Å². The standard InChI is InChI=1S/C19H20FN5O/c1-11-10-16(25-24-11)22-18-14-4-2-3-5-15(14)21-19(23-18)17(26)12-6-8-13(20)9-7-12/h2-9,11,16-17,24-26H,10H2,1H3,(H,21,22,23)/t11?,16?,17-/m0/s1. The Morgan fingerprint density at radius 3 is 2.62 bits per heavy atom. The lowest BCUT2D eigenvalue weighted by molar-refractivity contribution is 0.210. The second-order valence-corrected chi connectivity index (χ2v) is 6.52. The van der Waals surface area contributed by atoms with E-state index in [1.165, 1.54) is 24.3 Å². The number of benzene rings is 2. The Balaban J connectivity index is 1.72. The molecule has 1 aromatic heterocycles. The fraction of sp³-hybridized carbons (Fsp3) is 0.263. The van der Waals surface area contributed by atoms with Crippen molar-refractivity contribution in [3.05, 3.63) is 65.7 Å². The van der Waals surface area contributed by atoms with Gasteiger partial charge in [0.2, 0.25) is 0 Å². The summed E-state index contributed by atoms with van der Waals surface area (Å²) in [6, 6.07) is 13.7. The fourth-order valence-electron chi connectivity index (χ4n) is 3.10. The van der Waals surface area contributed by atoms with E-state index in [0.29, 0.717) is 17.4 Å². The molecule has 6 nitrogen and oxygen atoms in total. The number of halogens is 1. The number of nitrogens with zero attached hydrogens (tertiary/aromatic N) is 2. The zero-order valence-electron chi connectivity index (χ0n) is 14.3. The van der Waals surface area contributed by atoms with Gasteiger partial charge in [-0.05, 0) is 43.2 Å². The summed E-state index contributed by atoms with van der Waals surface area (Å²) in [7, 11) is 0. The summed E-state index contributed by atoms with van der Waals surface area (Å²) < 4.78 is 13.1. The molecule has 134 valence electrons. The number of rotatable bonds is 4. The van der Waals surface area contributed by atoms with Gasteiger partial charge in [0.1, 0.15) is 17.7 Å². The van der Waals surface area contributed by atoms with E-state index in [1.54, 1.807) is 0 Å². The summed E-state index contributed by atoms with van der Waals surface area (Å²) in [5, 5.41) is 14.9. The van der Waals surface area contributed by atoms with E-state index in [4.69, 9.17) is 0 Å². The van der Waals surface area contributed by atoms with Gasteiger partial charge in [-0.2, -0.15) is 0 Å². The smallest absolute Gasteiger partial charge is 0.164 e. The van der Waals surface area contributed by atoms with Crippen molar-refractivity contribution in [2.24, 2.45) is 0 Å². The fourth-order valence-corrected chi connectivity index (χ4v) is 3.10. The van der Waals surface area contributed by atoms with E-state index >= 15 is 0 Å². The minimum absolute atomic E-state index is 0.0270. The molecule has 1 aliphatic rings. The molecule has 3 atom stereocenters. The van der Waals surface area contributed by atoms with Crippen LogP contribution in [0.1, 0.15) is 30.8 Å². The van der Waals surface area contributed by atoms with Gasteiger partial charge in [0.15, 0.2) is 5.82 Å². The Morgan fingerprint density at radius 1 is 1.12 bits per heavy atom. The number of hydrogen-bond donors (Lipinski definition) is 4. The van der Waals surface area contributed by atoms with Gasteiger partial charge < -0.3 is 10.4 Å². The molecule has 26 heavy (non-hydrogen) atoms. The predicted molar refractivity (Wildman–Crippen MR) is 97.8 cm³/mol. The number of anilines is 1. The van der Waals surface area contributed by atoms with Crippen molar-refractivity contribution in [1.82, 2.24) is 20.8 Å². The zero-order chi connectivity index (χ0) is 18.1. The minimum atomic E-state index is -1.03. The molecule has 1 fully saturated rings. The third-order valence-corrected chi connectivity index (χ3v) is 4.46. The molecule has 0 amide bonds. The molecule has 0 spiro atoms. The van der Waals surface area contributed by atoms with E-state index in [9.17, 15) is 9.50 Å². The van der Waals surface area contributed by atoms with E-state index in [1.807, 2.05) is 24.3 Å². The molecule has 1 saturated heterocycles. The van der Waals surface area contributed by atoms with Gasteiger partial charge in [0.25, 0.3) is 0 Å². The highest BCUT2D eigenvalue weighted by Gasteiger charge is 2.22. The molecule has 2 aromatic carbocycles. The second kappa shape index (κ2) is 6.95. The van der Waals surface area contributed by atoms with Gasteiger partial charge in [-0.25, -0.2) is 19.8 Å². The number of para-hydroxylation sites is 1. The Labute approximate surface area is 150 Å². The number of aliphatic hydroxyl groups excluding tert-OH is 1. The predicted octanol–water partition coefficient (Wildman–Crippen LogP) is 2.47. The minimum Gasteiger partial charge on any atom is -0.380 e. The van der Waals surface area contributed by atoms with Crippen LogP contribution in [0.3, 0.4) is 0 Å². The lowest BCUT2D eigenvalue weighted by atomic mass is 10.1. The molecule has 4 rings (SSSR count). The number of aromatic nitrogens is 2. The molecule has 4 N–H and O–H groups in total. The third-order valence-electron chi connectivity index (χ3n) is 4.46. The first-order valence-corrected chi connectivity index (χ1v) is 8.58. The molecule has 0 radical (unpaired) electrons. The number of hydrazine groups is 1. The highest BCUT2D eigenvalue weighted by molar-refractivity contribution is 5.89. The molecule has 0 bridgehead atoms. The maximum Gasteiger partial charge on any atom is 0.164 e. The largest absolute Gasteiger partial charge is 0.380 e. The maximum absolute atomic E-state index is 13.1. The summed E-state index contributed by atoms with van der Waals surface area (Å²) in [4.78, 5) is 9.05. The lowest BCUT2D eigenvalue weighted by Gasteiger charge is -2.17. The maximum atomic E-state index is 13.1. The molecule has 7 heteroatoms. The third kappa shape index (κ3) is 3.37. The van der Waals surface area contributed by atoms with Crippen molar-refractivity contribution in [1.29, 1.82) is 0 Å². The molecule has 2 unspecified atom stereocenters. The van der Waals surface area contributed by atoms with Crippen molar-refractivity contribution in [3.63, 3.8) is 0 Å². The van der Waals surface area contributed by atoms with Gasteiger partial charge in [-0.3, -0.25) is 5.43 Å². The van der Waals surface area contributed by atoms with Crippen LogP contribution in [0.5, 0.6) is 0 Å². The molecular formula is C19H20FN5O. The van der Waals surface area contributed by atoms with Crippen molar-refractivity contribution in [2.75, 3.05) is 5.32 Å². The van der Waals surface area contributed by atoms with Crippen molar-refractivity contribution in [2.45, 2.75) is 31.7 Å². The summed E-state index contributed by atoms with van der Waals surface area (Å²) in [6.07, 6.45) is -0.109. The highest BCUT2D eigenvalue weighted by atomic mass is 19.1. The van der Waals surface area contributed by atoms with Crippen molar-refractivity contribution < 1.29 is 9.50 Å². The Bertz CT molecular complexity index is 917. The van der Waals surface area contributed by atoms with Gasteiger partial charge in [-0.1, -0.05) is 24.3 Å². The number of hydrogen-bond acceptors (Lipinski definition) is 6. The summed E-state index contributed by atoms with van der Waals surface area (Å²) in [6.45, 7) is 2.09. The molecular weight excluding hydrogens is 333 g/mol. The molecule has 2 heterocycles. The van der Waals surface area contributed by atoms with Crippen LogP contribution in [0.4, 0.5) is 10.2 Å². The van der Waals surface area contributed by atoms with Gasteiger partial charge in [-0.15, -0.1) is 0 Å². The summed E-state index contributed by atoms with van der Waals surface area (Å²) in [5.74, 6) is 0.577.